The predicted molar refractivity (Wildman–Crippen MR) is 90.6 cm³/mol. The van der Waals surface area contributed by atoms with E-state index in [9.17, 15) is 9.59 Å². The van der Waals surface area contributed by atoms with E-state index in [-0.39, 0.29) is 17.7 Å². The molecule has 1 aliphatic rings. The van der Waals surface area contributed by atoms with E-state index in [0.717, 1.165) is 29.0 Å². The second-order valence-electron chi connectivity index (χ2n) is 5.80. The highest BCUT2D eigenvalue weighted by Gasteiger charge is 2.29. The lowest BCUT2D eigenvalue weighted by molar-refractivity contribution is -0.122. The number of thiazole rings is 1. The van der Waals surface area contributed by atoms with Gasteiger partial charge in [-0.2, -0.15) is 0 Å². The minimum Gasteiger partial charge on any atom is -0.352 e. The Morgan fingerprint density at radius 2 is 1.91 bits per heavy atom. The highest BCUT2D eigenvalue weighted by molar-refractivity contribution is 7.15. The van der Waals surface area contributed by atoms with Gasteiger partial charge in [0.15, 0.2) is 5.13 Å². The third-order valence-electron chi connectivity index (χ3n) is 3.88. The number of aryl methyl sites for hydroxylation is 2. The van der Waals surface area contributed by atoms with Crippen LogP contribution in [0.25, 0.3) is 0 Å². The maximum Gasteiger partial charge on any atom is 0.257 e. The number of hydrogen-bond donors (Lipinski definition) is 2. The van der Waals surface area contributed by atoms with E-state index in [1.165, 1.54) is 11.3 Å². The van der Waals surface area contributed by atoms with E-state index in [4.69, 9.17) is 0 Å². The zero-order chi connectivity index (χ0) is 16.4. The molecule has 0 radical (unpaired) electrons. The van der Waals surface area contributed by atoms with Gasteiger partial charge in [-0.3, -0.25) is 14.9 Å². The lowest BCUT2D eigenvalue weighted by Gasteiger charge is -2.06. The molecule has 5 nitrogen and oxygen atoms in total. The summed E-state index contributed by atoms with van der Waals surface area (Å²) in [6.45, 7) is 4.40. The molecule has 1 saturated carbocycles. The lowest BCUT2D eigenvalue weighted by Crippen LogP contribution is -2.24. The minimum atomic E-state index is -0.174. The summed E-state index contributed by atoms with van der Waals surface area (Å²) in [4.78, 5) is 29.2. The number of amides is 2. The number of carbonyl (C=O) groups excluding carboxylic acids is 2. The number of anilines is 1. The number of carbonyl (C=O) groups is 2. The van der Waals surface area contributed by atoms with Crippen LogP contribution in [0.2, 0.25) is 0 Å². The van der Waals surface area contributed by atoms with Crippen molar-refractivity contribution in [2.75, 3.05) is 5.32 Å². The zero-order valence-electron chi connectivity index (χ0n) is 13.2. The van der Waals surface area contributed by atoms with Crippen LogP contribution in [0.4, 0.5) is 5.13 Å². The topological polar surface area (TPSA) is 71.1 Å². The van der Waals surface area contributed by atoms with Crippen molar-refractivity contribution in [2.24, 2.45) is 5.92 Å². The van der Waals surface area contributed by atoms with Crippen molar-refractivity contribution < 1.29 is 9.59 Å². The molecule has 1 fully saturated rings. The van der Waals surface area contributed by atoms with Crippen molar-refractivity contribution >= 4 is 28.3 Å². The Bertz CT molecular complexity index is 713. The Morgan fingerprint density at radius 3 is 2.48 bits per heavy atom. The summed E-state index contributed by atoms with van der Waals surface area (Å²) in [6, 6.07) is 7.25. The molecule has 1 heterocycles. The molecule has 0 spiro atoms. The van der Waals surface area contributed by atoms with Crippen molar-refractivity contribution in [3.05, 3.63) is 46.0 Å². The van der Waals surface area contributed by atoms with Crippen LogP contribution in [0, 0.1) is 19.8 Å². The van der Waals surface area contributed by atoms with Crippen LogP contribution in [-0.4, -0.2) is 16.8 Å². The molecule has 23 heavy (non-hydrogen) atoms. The molecule has 0 atom stereocenters. The van der Waals surface area contributed by atoms with Gasteiger partial charge >= 0.3 is 0 Å². The van der Waals surface area contributed by atoms with E-state index < -0.39 is 0 Å². The second-order valence-corrected chi connectivity index (χ2v) is 7.01. The summed E-state index contributed by atoms with van der Waals surface area (Å²) in [5.41, 5.74) is 2.50. The molecule has 3 rings (SSSR count). The van der Waals surface area contributed by atoms with Gasteiger partial charge in [0.25, 0.3) is 5.91 Å². The van der Waals surface area contributed by atoms with Crippen molar-refractivity contribution in [3.63, 3.8) is 0 Å². The van der Waals surface area contributed by atoms with Gasteiger partial charge in [-0.15, -0.1) is 11.3 Å². The normalized spacial score (nSPS) is 13.7. The molecule has 2 amide bonds. The van der Waals surface area contributed by atoms with Crippen LogP contribution >= 0.6 is 11.3 Å². The molecule has 0 bridgehead atoms. The summed E-state index contributed by atoms with van der Waals surface area (Å²) in [5.74, 6) is 0.166. The molecule has 0 saturated heterocycles. The maximum absolute atomic E-state index is 12.2. The van der Waals surface area contributed by atoms with Gasteiger partial charge in [0, 0.05) is 22.9 Å². The SMILES string of the molecule is Cc1nc(NC(=O)c2ccc(CNC(=O)C3CC3)cc2)sc1C. The molecule has 2 aromatic rings. The Morgan fingerprint density at radius 1 is 1.22 bits per heavy atom. The van der Waals surface area contributed by atoms with Crippen molar-refractivity contribution in [1.82, 2.24) is 10.3 Å². The molecule has 1 aromatic carbocycles. The third kappa shape index (κ3) is 3.96. The quantitative estimate of drug-likeness (QED) is 0.886. The summed E-state index contributed by atoms with van der Waals surface area (Å²) in [7, 11) is 0. The lowest BCUT2D eigenvalue weighted by atomic mass is 10.1. The second kappa shape index (κ2) is 6.50. The van der Waals surface area contributed by atoms with Crippen molar-refractivity contribution in [1.29, 1.82) is 0 Å². The average Bonchev–Trinajstić information content (AvgIpc) is 3.33. The van der Waals surface area contributed by atoms with E-state index in [2.05, 4.69) is 15.6 Å². The molecule has 1 aliphatic carbocycles. The molecule has 0 aliphatic heterocycles. The van der Waals surface area contributed by atoms with Crippen LogP contribution in [0.15, 0.2) is 24.3 Å². The predicted octanol–water partition coefficient (Wildman–Crippen LogP) is 3.04. The first-order valence-electron chi connectivity index (χ1n) is 7.65. The maximum atomic E-state index is 12.2. The van der Waals surface area contributed by atoms with E-state index in [0.29, 0.717) is 17.2 Å². The van der Waals surface area contributed by atoms with Gasteiger partial charge in [-0.05, 0) is 44.4 Å². The van der Waals surface area contributed by atoms with Crippen LogP contribution < -0.4 is 10.6 Å². The monoisotopic (exact) mass is 329 g/mol. The summed E-state index contributed by atoms with van der Waals surface area (Å²) in [5, 5.41) is 6.34. The molecule has 6 heteroatoms. The van der Waals surface area contributed by atoms with Gasteiger partial charge in [0.1, 0.15) is 0 Å². The minimum absolute atomic E-state index is 0.126. The van der Waals surface area contributed by atoms with Gasteiger partial charge < -0.3 is 5.32 Å². The van der Waals surface area contributed by atoms with Gasteiger partial charge in [-0.1, -0.05) is 12.1 Å². The molecule has 0 unspecified atom stereocenters. The molecule has 120 valence electrons. The van der Waals surface area contributed by atoms with Crippen LogP contribution in [-0.2, 0) is 11.3 Å². The Hall–Kier alpha value is -2.21. The summed E-state index contributed by atoms with van der Waals surface area (Å²) >= 11 is 1.47. The van der Waals surface area contributed by atoms with Gasteiger partial charge in [0.05, 0.1) is 5.69 Å². The largest absolute Gasteiger partial charge is 0.352 e. The van der Waals surface area contributed by atoms with Crippen LogP contribution in [0.3, 0.4) is 0 Å². The Balaban J connectivity index is 1.57. The Kier molecular flexibility index (Phi) is 4.43. The number of hydrogen-bond acceptors (Lipinski definition) is 4. The van der Waals surface area contributed by atoms with E-state index in [1.54, 1.807) is 12.1 Å². The van der Waals surface area contributed by atoms with Crippen molar-refractivity contribution in [3.8, 4) is 0 Å². The van der Waals surface area contributed by atoms with Crippen LogP contribution in [0.1, 0.15) is 39.3 Å². The highest BCUT2D eigenvalue weighted by atomic mass is 32.1. The number of nitrogens with one attached hydrogen (secondary N) is 2. The average molecular weight is 329 g/mol. The van der Waals surface area contributed by atoms with Crippen LogP contribution in [0.5, 0.6) is 0 Å². The standard InChI is InChI=1S/C17H19N3O2S/c1-10-11(2)23-17(19-10)20-16(22)14-5-3-12(4-6-14)9-18-15(21)13-7-8-13/h3-6,13H,7-9H2,1-2H3,(H,18,21)(H,19,20,22). The molecular formula is C17H19N3O2S. The third-order valence-corrected chi connectivity index (χ3v) is 4.87. The molecule has 2 N–H and O–H groups in total. The van der Waals surface area contributed by atoms with Gasteiger partial charge in [0.2, 0.25) is 5.91 Å². The molecular weight excluding hydrogens is 310 g/mol. The fourth-order valence-corrected chi connectivity index (χ4v) is 2.96. The number of nitrogens with zero attached hydrogens (tertiary/aromatic N) is 1. The highest BCUT2D eigenvalue weighted by Crippen LogP contribution is 2.28. The van der Waals surface area contributed by atoms with Crippen molar-refractivity contribution in [2.45, 2.75) is 33.2 Å². The summed E-state index contributed by atoms with van der Waals surface area (Å²) in [6.07, 6.45) is 2.00. The number of aromatic nitrogens is 1. The van der Waals surface area contributed by atoms with Gasteiger partial charge in [-0.25, -0.2) is 4.98 Å². The molecule has 1 aromatic heterocycles. The fourth-order valence-electron chi connectivity index (χ4n) is 2.15. The number of benzene rings is 1. The first-order chi connectivity index (χ1) is 11.0. The summed E-state index contributed by atoms with van der Waals surface area (Å²) < 4.78 is 0. The zero-order valence-corrected chi connectivity index (χ0v) is 14.0. The van der Waals surface area contributed by atoms with E-state index >= 15 is 0 Å². The first-order valence-corrected chi connectivity index (χ1v) is 8.46. The Labute approximate surface area is 139 Å². The smallest absolute Gasteiger partial charge is 0.257 e. The fraction of sp³-hybridized carbons (Fsp3) is 0.353. The number of rotatable bonds is 5. The first kappa shape index (κ1) is 15.7. The van der Waals surface area contributed by atoms with E-state index in [1.807, 2.05) is 26.0 Å².